The second-order valence-electron chi connectivity index (χ2n) is 6.95. The van der Waals surface area contributed by atoms with Crippen LogP contribution in [0.2, 0.25) is 0 Å². The lowest BCUT2D eigenvalue weighted by atomic mass is 10.1. The van der Waals surface area contributed by atoms with E-state index in [1.807, 2.05) is 29.2 Å². The molecule has 4 heterocycles. The van der Waals surface area contributed by atoms with Crippen LogP contribution in [0.25, 0.3) is 22.3 Å². The molecule has 1 aliphatic heterocycles. The van der Waals surface area contributed by atoms with Crippen LogP contribution in [-0.4, -0.2) is 51.2 Å². The van der Waals surface area contributed by atoms with E-state index < -0.39 is 0 Å². The number of anilines is 2. The van der Waals surface area contributed by atoms with Crippen LogP contribution in [0, 0.1) is 5.82 Å². The molecule has 0 radical (unpaired) electrons. The third kappa shape index (κ3) is 3.79. The molecule has 30 heavy (non-hydrogen) atoms. The zero-order valence-corrected chi connectivity index (χ0v) is 16.2. The van der Waals surface area contributed by atoms with Gasteiger partial charge in [-0.2, -0.15) is 15.0 Å². The van der Waals surface area contributed by atoms with Crippen molar-refractivity contribution >= 4 is 22.8 Å². The van der Waals surface area contributed by atoms with Gasteiger partial charge in [0.1, 0.15) is 5.82 Å². The molecule has 3 aromatic heterocycles. The number of fused-ring (bicyclic) bond motifs is 1. The minimum absolute atomic E-state index is 0.351. The minimum Gasteiger partial charge on any atom is -0.378 e. The molecule has 2 N–H and O–H groups in total. The van der Waals surface area contributed by atoms with Crippen molar-refractivity contribution in [1.82, 2.24) is 24.9 Å². The molecule has 0 spiro atoms. The predicted octanol–water partition coefficient (Wildman–Crippen LogP) is 3.00. The van der Waals surface area contributed by atoms with Gasteiger partial charge in [-0.15, -0.1) is 0 Å². The van der Waals surface area contributed by atoms with Crippen LogP contribution in [0.4, 0.5) is 16.3 Å². The number of pyridine rings is 1. The Morgan fingerprint density at radius 2 is 2.00 bits per heavy atom. The van der Waals surface area contributed by atoms with E-state index >= 15 is 0 Å². The fourth-order valence-corrected chi connectivity index (χ4v) is 3.46. The van der Waals surface area contributed by atoms with Crippen molar-refractivity contribution < 1.29 is 9.13 Å². The summed E-state index contributed by atoms with van der Waals surface area (Å²) in [4.78, 5) is 23.3. The van der Waals surface area contributed by atoms with Crippen molar-refractivity contribution in [3.63, 3.8) is 0 Å². The SMILES string of the molecule is Fc1cc(-c2nc(NCc3ccccn3)nc(N3CCOCC3)n2)c2cc[nH]c2c1. The van der Waals surface area contributed by atoms with E-state index in [0.29, 0.717) is 61.6 Å². The molecule has 0 atom stereocenters. The zero-order chi connectivity index (χ0) is 20.3. The summed E-state index contributed by atoms with van der Waals surface area (Å²) in [6.45, 7) is 3.06. The quantitative estimate of drug-likeness (QED) is 0.527. The van der Waals surface area contributed by atoms with Gasteiger partial charge in [-0.3, -0.25) is 4.98 Å². The highest BCUT2D eigenvalue weighted by molar-refractivity contribution is 5.93. The maximum absolute atomic E-state index is 14.2. The second-order valence-corrected chi connectivity index (χ2v) is 6.95. The average molecular weight is 405 g/mol. The number of halogens is 1. The first-order valence-electron chi connectivity index (χ1n) is 9.76. The van der Waals surface area contributed by atoms with Gasteiger partial charge in [0.25, 0.3) is 0 Å². The molecule has 8 nitrogen and oxygen atoms in total. The largest absolute Gasteiger partial charge is 0.378 e. The third-order valence-electron chi connectivity index (χ3n) is 4.95. The van der Waals surface area contributed by atoms with E-state index in [9.17, 15) is 4.39 Å². The standard InChI is InChI=1S/C21H20FN7O/c22-14-11-17(16-4-6-24-18(16)12-14)19-26-20(25-13-15-3-1-2-5-23-15)28-21(27-19)29-7-9-30-10-8-29/h1-6,11-12,24H,7-10,13H2,(H,25,26,27,28). The van der Waals surface area contributed by atoms with Gasteiger partial charge in [-0.05, 0) is 30.3 Å². The van der Waals surface area contributed by atoms with Crippen LogP contribution in [0.15, 0.2) is 48.8 Å². The molecular weight excluding hydrogens is 385 g/mol. The van der Waals surface area contributed by atoms with Gasteiger partial charge >= 0.3 is 0 Å². The highest BCUT2D eigenvalue weighted by Gasteiger charge is 2.19. The van der Waals surface area contributed by atoms with Crippen molar-refractivity contribution in [1.29, 1.82) is 0 Å². The summed E-state index contributed by atoms with van der Waals surface area (Å²) in [7, 11) is 0. The molecule has 1 aromatic carbocycles. The van der Waals surface area contributed by atoms with Crippen molar-refractivity contribution in [2.75, 3.05) is 36.5 Å². The number of hydrogen-bond acceptors (Lipinski definition) is 7. The van der Waals surface area contributed by atoms with Crippen LogP contribution in [0.3, 0.4) is 0 Å². The fourth-order valence-electron chi connectivity index (χ4n) is 3.46. The van der Waals surface area contributed by atoms with Crippen molar-refractivity contribution in [2.45, 2.75) is 6.54 Å². The predicted molar refractivity (Wildman–Crippen MR) is 112 cm³/mol. The first-order chi connectivity index (χ1) is 14.8. The molecule has 0 amide bonds. The number of ether oxygens (including phenoxy) is 1. The summed E-state index contributed by atoms with van der Waals surface area (Å²) in [5.41, 5.74) is 2.18. The highest BCUT2D eigenvalue weighted by atomic mass is 19.1. The molecule has 152 valence electrons. The van der Waals surface area contributed by atoms with Crippen LogP contribution in [0.1, 0.15) is 5.69 Å². The Balaban J connectivity index is 1.56. The molecule has 5 rings (SSSR count). The number of aromatic nitrogens is 5. The summed E-state index contributed by atoms with van der Waals surface area (Å²) in [6.07, 6.45) is 3.52. The van der Waals surface area contributed by atoms with Gasteiger partial charge in [0.2, 0.25) is 11.9 Å². The normalized spacial score (nSPS) is 14.2. The minimum atomic E-state index is -0.351. The summed E-state index contributed by atoms with van der Waals surface area (Å²) >= 11 is 0. The van der Waals surface area contributed by atoms with Gasteiger partial charge < -0.3 is 19.9 Å². The molecule has 0 aliphatic carbocycles. The van der Waals surface area contributed by atoms with Gasteiger partial charge in [-0.25, -0.2) is 4.39 Å². The van der Waals surface area contributed by atoms with Crippen molar-refractivity contribution in [3.8, 4) is 11.4 Å². The number of hydrogen-bond donors (Lipinski definition) is 2. The van der Waals surface area contributed by atoms with E-state index in [1.165, 1.54) is 12.1 Å². The fraction of sp³-hybridized carbons (Fsp3) is 0.238. The Morgan fingerprint density at radius 1 is 1.10 bits per heavy atom. The Kier molecular flexibility index (Phi) is 4.94. The van der Waals surface area contributed by atoms with E-state index in [-0.39, 0.29) is 5.82 Å². The number of benzene rings is 1. The Morgan fingerprint density at radius 3 is 2.83 bits per heavy atom. The van der Waals surface area contributed by atoms with Crippen LogP contribution in [-0.2, 0) is 11.3 Å². The molecule has 0 saturated carbocycles. The summed E-state index contributed by atoms with van der Waals surface area (Å²) in [5.74, 6) is 1.02. The van der Waals surface area contributed by atoms with E-state index in [0.717, 1.165) is 11.1 Å². The van der Waals surface area contributed by atoms with Gasteiger partial charge in [0, 0.05) is 41.9 Å². The van der Waals surface area contributed by atoms with Gasteiger partial charge in [-0.1, -0.05) is 6.07 Å². The Labute approximate surface area is 172 Å². The molecule has 1 fully saturated rings. The van der Waals surface area contributed by atoms with Crippen molar-refractivity contribution in [3.05, 3.63) is 60.3 Å². The number of morpholine rings is 1. The van der Waals surface area contributed by atoms with E-state index in [2.05, 4.69) is 30.2 Å². The van der Waals surface area contributed by atoms with E-state index in [1.54, 1.807) is 12.4 Å². The number of aromatic amines is 1. The van der Waals surface area contributed by atoms with E-state index in [4.69, 9.17) is 4.74 Å². The maximum atomic E-state index is 14.2. The summed E-state index contributed by atoms with van der Waals surface area (Å²) in [6, 6.07) is 10.5. The maximum Gasteiger partial charge on any atom is 0.230 e. The molecule has 1 saturated heterocycles. The average Bonchev–Trinajstić information content (AvgIpc) is 3.26. The smallest absolute Gasteiger partial charge is 0.230 e. The molecule has 0 unspecified atom stereocenters. The Bertz CT molecular complexity index is 1160. The van der Waals surface area contributed by atoms with Crippen LogP contribution in [0.5, 0.6) is 0 Å². The molecule has 1 aliphatic rings. The lowest BCUT2D eigenvalue weighted by molar-refractivity contribution is 0.122. The van der Waals surface area contributed by atoms with Crippen molar-refractivity contribution in [2.24, 2.45) is 0 Å². The zero-order valence-electron chi connectivity index (χ0n) is 16.2. The van der Waals surface area contributed by atoms with Crippen LogP contribution < -0.4 is 10.2 Å². The second kappa shape index (κ2) is 8.03. The molecule has 4 aromatic rings. The lowest BCUT2D eigenvalue weighted by Gasteiger charge is -2.27. The summed E-state index contributed by atoms with van der Waals surface area (Å²) in [5, 5.41) is 4.08. The number of rotatable bonds is 5. The number of nitrogens with one attached hydrogen (secondary N) is 2. The van der Waals surface area contributed by atoms with Gasteiger partial charge in [0.05, 0.1) is 25.5 Å². The van der Waals surface area contributed by atoms with Crippen LogP contribution >= 0.6 is 0 Å². The molecular formula is C21H20FN7O. The first-order valence-corrected chi connectivity index (χ1v) is 9.76. The Hall–Kier alpha value is -3.59. The topological polar surface area (TPSA) is 91.8 Å². The monoisotopic (exact) mass is 405 g/mol. The lowest BCUT2D eigenvalue weighted by Crippen LogP contribution is -2.37. The number of H-pyrrole nitrogens is 1. The molecule has 0 bridgehead atoms. The first kappa shape index (κ1) is 18.4. The molecule has 9 heteroatoms. The number of nitrogens with zero attached hydrogens (tertiary/aromatic N) is 5. The van der Waals surface area contributed by atoms with Gasteiger partial charge in [0.15, 0.2) is 5.82 Å². The third-order valence-corrected chi connectivity index (χ3v) is 4.95. The highest BCUT2D eigenvalue weighted by Crippen LogP contribution is 2.29. The summed E-state index contributed by atoms with van der Waals surface area (Å²) < 4.78 is 19.7.